The zero-order valence-corrected chi connectivity index (χ0v) is 37.1. The summed E-state index contributed by atoms with van der Waals surface area (Å²) in [5, 5.41) is 9.83. The number of rotatable bonds is 13. The lowest BCUT2D eigenvalue weighted by Gasteiger charge is -2.24. The number of carbonyl (C=O) groups excluding carboxylic acids is 1. The van der Waals surface area contributed by atoms with E-state index in [1.165, 1.54) is 19.2 Å². The van der Waals surface area contributed by atoms with E-state index in [-0.39, 0.29) is 66.2 Å². The number of carbonyl (C=O) groups is 1. The highest BCUT2D eigenvalue weighted by Crippen LogP contribution is 2.68. The summed E-state index contributed by atoms with van der Waals surface area (Å²) >= 11 is 6.58. The van der Waals surface area contributed by atoms with E-state index >= 15 is 13.6 Å². The molecule has 0 bridgehead atoms. The van der Waals surface area contributed by atoms with Gasteiger partial charge in [-0.25, -0.2) is 44.7 Å². The highest BCUT2D eigenvalue weighted by atomic mass is 35.5. The lowest BCUT2D eigenvalue weighted by molar-refractivity contribution is -0.145. The Morgan fingerprint density at radius 1 is 1.00 bits per heavy atom. The fraction of sp³-hybridized carbons (Fsp3) is 0.333. The van der Waals surface area contributed by atoms with Crippen molar-refractivity contribution in [3.63, 3.8) is 0 Å². The van der Waals surface area contributed by atoms with Gasteiger partial charge >= 0.3 is 6.18 Å². The number of aryl methyl sites for hydroxylation is 1. The van der Waals surface area contributed by atoms with Gasteiger partial charge in [0, 0.05) is 49.7 Å². The Balaban J connectivity index is 1.27. The molecule has 0 radical (unpaired) electrons. The summed E-state index contributed by atoms with van der Waals surface area (Å²) in [5.41, 5.74) is -6.45. The SMILES string of the molecule is Cn1nc(NS(C)(=O)=O)c2c(Cl)ccc(-n3c([C@H](Cc4cc(F)cc(F)c4)NC(=O)Cn4nc(C(F)F)c5c4C(F)(F)[C@@H]4C[C@H]54)nc4nc(-c5cc(C(F)(F)F)n(CC(C)(F)F)c5)ccc4c3=O)c21. The molecule has 1 fully saturated rings. The number of sulfonamides is 1. The third kappa shape index (κ3) is 8.75. The summed E-state index contributed by atoms with van der Waals surface area (Å²) in [7, 11) is -2.69. The zero-order chi connectivity index (χ0) is 50.0. The Kier molecular flexibility index (Phi) is 11.2. The van der Waals surface area contributed by atoms with Crippen LogP contribution in [0.25, 0.3) is 38.9 Å². The van der Waals surface area contributed by atoms with Crippen molar-refractivity contribution in [1.29, 1.82) is 0 Å². The highest BCUT2D eigenvalue weighted by molar-refractivity contribution is 7.92. The Hall–Kier alpha value is -6.57. The van der Waals surface area contributed by atoms with Crippen molar-refractivity contribution in [2.45, 2.75) is 69.3 Å². The molecular formula is C42H32ClF11N10O4S. The number of alkyl halides is 9. The topological polar surface area (TPSA) is 164 Å². The standard InChI is InChI=1S/C42H32ClF11N10O4S/c1-40(48,49)16-62-14-18(11-28(62)42(52,53)54)25-6-4-21-36(56-25)57-38(64(39(21)66)27-7-5-24(43)31-33(27)61(2)59-37(31)60-69(3,67)68)26(10-17-8-19(44)12-20(45)9-17)55-29(65)15-63-34-30(32(58-63)35(46)47)22-13-23(22)41(34,50)51/h4-9,11-12,14,22-23,26,35H,10,13,15-16H2,1-3H3,(H,55,65)(H,59,60)/t22-,23+,26-/m0/s1. The third-order valence-corrected chi connectivity index (χ3v) is 12.5. The Morgan fingerprint density at radius 2 is 1.70 bits per heavy atom. The number of hydrogen-bond donors (Lipinski definition) is 2. The fourth-order valence-electron chi connectivity index (χ4n) is 8.94. The number of anilines is 1. The van der Waals surface area contributed by atoms with E-state index in [2.05, 4.69) is 30.2 Å². The van der Waals surface area contributed by atoms with Gasteiger partial charge in [0.05, 0.1) is 51.5 Å². The fourth-order valence-corrected chi connectivity index (χ4v) is 9.68. The second-order valence-electron chi connectivity index (χ2n) is 16.9. The van der Waals surface area contributed by atoms with Crippen molar-refractivity contribution < 1.29 is 61.5 Å². The molecule has 1 saturated carbocycles. The Bertz CT molecular complexity index is 3440. The summed E-state index contributed by atoms with van der Waals surface area (Å²) in [6.07, 6.45) is -7.62. The highest BCUT2D eigenvalue weighted by Gasteiger charge is 2.67. The number of fused-ring (bicyclic) bond motifs is 5. The van der Waals surface area contributed by atoms with E-state index in [4.69, 9.17) is 11.6 Å². The van der Waals surface area contributed by atoms with Crippen LogP contribution in [-0.2, 0) is 53.5 Å². The van der Waals surface area contributed by atoms with E-state index in [9.17, 15) is 52.7 Å². The van der Waals surface area contributed by atoms with Crippen LogP contribution in [0.3, 0.4) is 0 Å². The maximum atomic E-state index is 15.6. The molecule has 27 heteroatoms. The van der Waals surface area contributed by atoms with Crippen molar-refractivity contribution in [2.24, 2.45) is 13.0 Å². The van der Waals surface area contributed by atoms with Gasteiger partial charge in [0.1, 0.15) is 41.1 Å². The van der Waals surface area contributed by atoms with E-state index in [0.29, 0.717) is 23.7 Å². The van der Waals surface area contributed by atoms with Gasteiger partial charge in [-0.15, -0.1) is 0 Å². The molecule has 5 heterocycles. The van der Waals surface area contributed by atoms with Crippen LogP contribution in [0.1, 0.15) is 65.8 Å². The average Bonchev–Trinajstić information content (AvgIpc) is 3.46. The van der Waals surface area contributed by atoms with Gasteiger partial charge < -0.3 is 9.88 Å². The second kappa shape index (κ2) is 16.3. The molecule has 9 rings (SSSR count). The van der Waals surface area contributed by atoms with E-state index < -0.39 is 124 Å². The normalized spacial score (nSPS) is 17.2. The first kappa shape index (κ1) is 47.5. The van der Waals surface area contributed by atoms with Crippen LogP contribution in [0.5, 0.6) is 0 Å². The lowest BCUT2D eigenvalue weighted by atomic mass is 10.0. The molecule has 5 aromatic heterocycles. The molecule has 364 valence electrons. The Labute approximate surface area is 385 Å². The lowest BCUT2D eigenvalue weighted by Crippen LogP contribution is -2.38. The molecule has 3 atom stereocenters. The summed E-state index contributed by atoms with van der Waals surface area (Å²) in [4.78, 5) is 38.1. The van der Waals surface area contributed by atoms with Crippen LogP contribution in [0.2, 0.25) is 5.02 Å². The van der Waals surface area contributed by atoms with Crippen molar-refractivity contribution in [2.75, 3.05) is 11.0 Å². The van der Waals surface area contributed by atoms with Gasteiger partial charge in [0.15, 0.2) is 11.5 Å². The minimum atomic E-state index is -5.12. The van der Waals surface area contributed by atoms with E-state index in [1.54, 1.807) is 0 Å². The molecule has 2 N–H and O–H groups in total. The van der Waals surface area contributed by atoms with Crippen LogP contribution in [0, 0.1) is 17.6 Å². The van der Waals surface area contributed by atoms with Crippen molar-refractivity contribution in [3.8, 4) is 16.9 Å². The molecule has 0 spiro atoms. The van der Waals surface area contributed by atoms with E-state index in [0.717, 1.165) is 46.0 Å². The molecule has 2 aliphatic carbocycles. The molecule has 1 amide bonds. The number of pyridine rings is 1. The monoisotopic (exact) mass is 1020 g/mol. The van der Waals surface area contributed by atoms with Crippen molar-refractivity contribution >= 4 is 55.3 Å². The molecule has 7 aromatic rings. The number of amides is 1. The largest absolute Gasteiger partial charge is 0.431 e. The quantitative estimate of drug-likeness (QED) is 0.109. The predicted octanol–water partition coefficient (Wildman–Crippen LogP) is 8.56. The number of hydrogen-bond acceptors (Lipinski definition) is 8. The van der Waals surface area contributed by atoms with Crippen LogP contribution < -0.4 is 15.6 Å². The average molecular weight is 1020 g/mol. The summed E-state index contributed by atoms with van der Waals surface area (Å²) < 4.78 is 189. The second-order valence-corrected chi connectivity index (χ2v) is 19.1. The molecule has 69 heavy (non-hydrogen) atoms. The molecule has 0 saturated heterocycles. The number of aromatic nitrogens is 8. The van der Waals surface area contributed by atoms with Gasteiger partial charge in [-0.3, -0.25) is 28.2 Å². The summed E-state index contributed by atoms with van der Waals surface area (Å²) in [6, 6.07) is 5.65. The molecule has 2 aromatic carbocycles. The van der Waals surface area contributed by atoms with Crippen molar-refractivity contribution in [3.05, 3.63) is 116 Å². The number of nitrogens with zero attached hydrogens (tertiary/aromatic N) is 8. The number of halogens is 12. The van der Waals surface area contributed by atoms with Crippen molar-refractivity contribution in [1.82, 2.24) is 44.0 Å². The van der Waals surface area contributed by atoms with Crippen LogP contribution in [-0.4, -0.2) is 65.2 Å². The zero-order valence-electron chi connectivity index (χ0n) is 35.5. The van der Waals surface area contributed by atoms with Crippen LogP contribution in [0.4, 0.5) is 54.1 Å². The summed E-state index contributed by atoms with van der Waals surface area (Å²) in [5.74, 6) is -13.8. The molecular weight excluding hydrogens is 985 g/mol. The smallest absolute Gasteiger partial charge is 0.344 e. The molecule has 0 unspecified atom stereocenters. The van der Waals surface area contributed by atoms with Gasteiger partial charge in [0.25, 0.3) is 23.8 Å². The maximum absolute atomic E-state index is 15.6. The maximum Gasteiger partial charge on any atom is 0.431 e. The molecule has 14 nitrogen and oxygen atoms in total. The van der Waals surface area contributed by atoms with Gasteiger partial charge in [0.2, 0.25) is 15.9 Å². The summed E-state index contributed by atoms with van der Waals surface area (Å²) in [6.45, 7) is -2.12. The number of nitrogens with one attached hydrogen (secondary N) is 2. The van der Waals surface area contributed by atoms with Gasteiger partial charge in [-0.05, 0) is 60.4 Å². The van der Waals surface area contributed by atoms with E-state index in [1.807, 2.05) is 0 Å². The van der Waals surface area contributed by atoms with Crippen LogP contribution in [0.15, 0.2) is 59.5 Å². The third-order valence-electron chi connectivity index (χ3n) is 11.6. The first-order chi connectivity index (χ1) is 32.1. The predicted molar refractivity (Wildman–Crippen MR) is 225 cm³/mol. The minimum Gasteiger partial charge on any atom is -0.344 e. The van der Waals surface area contributed by atoms with Gasteiger partial charge in [-0.2, -0.15) is 32.1 Å². The molecule has 2 aliphatic rings. The van der Waals surface area contributed by atoms with Gasteiger partial charge in [-0.1, -0.05) is 11.6 Å². The minimum absolute atomic E-state index is 0.0641. The first-order valence-electron chi connectivity index (χ1n) is 20.3. The first-order valence-corrected chi connectivity index (χ1v) is 22.6. The van der Waals surface area contributed by atoms with Crippen LogP contribution >= 0.6 is 11.6 Å². The Morgan fingerprint density at radius 3 is 2.33 bits per heavy atom. The molecule has 0 aliphatic heterocycles. The number of benzene rings is 2.